The number of nitrogens with one attached hydrogen (secondary N) is 1. The van der Waals surface area contributed by atoms with Gasteiger partial charge in [0, 0.05) is 19.4 Å². The minimum absolute atomic E-state index is 0.166. The normalized spacial score (nSPS) is 24.4. The molecule has 2 aromatic rings. The number of methoxy groups -OCH3 is 1. The Morgan fingerprint density at radius 2 is 2.00 bits per heavy atom. The average molecular weight is 445 g/mol. The van der Waals surface area contributed by atoms with Crippen molar-refractivity contribution in [2.45, 2.75) is 44.7 Å². The smallest absolute Gasteiger partial charge is 0.351 e. The van der Waals surface area contributed by atoms with Gasteiger partial charge in [-0.3, -0.25) is 18.9 Å². The van der Waals surface area contributed by atoms with E-state index in [9.17, 15) is 19.3 Å². The van der Waals surface area contributed by atoms with Gasteiger partial charge in [0.2, 0.25) is 0 Å². The lowest BCUT2D eigenvalue weighted by Crippen LogP contribution is -2.38. The summed E-state index contributed by atoms with van der Waals surface area (Å²) in [7, 11) is -2.05. The van der Waals surface area contributed by atoms with E-state index in [0.29, 0.717) is 0 Å². The predicted octanol–water partition coefficient (Wildman–Crippen LogP) is -0.00230. The molecule has 14 heteroatoms. The van der Waals surface area contributed by atoms with Crippen molar-refractivity contribution in [1.29, 1.82) is 0 Å². The summed E-state index contributed by atoms with van der Waals surface area (Å²) in [5.74, 6) is 0. The van der Waals surface area contributed by atoms with E-state index in [0.717, 1.165) is 10.6 Å². The van der Waals surface area contributed by atoms with Gasteiger partial charge in [-0.1, -0.05) is 5.21 Å². The fourth-order valence-corrected chi connectivity index (χ4v) is 4.72. The first-order valence-corrected chi connectivity index (χ1v) is 11.0. The Morgan fingerprint density at radius 1 is 1.30 bits per heavy atom. The van der Waals surface area contributed by atoms with Gasteiger partial charge in [-0.15, -0.1) is 5.10 Å². The van der Waals surface area contributed by atoms with E-state index in [2.05, 4.69) is 15.3 Å². The summed E-state index contributed by atoms with van der Waals surface area (Å²) < 4.78 is 36.7. The number of aliphatic hydroxyl groups excluding tert-OH is 1. The van der Waals surface area contributed by atoms with Gasteiger partial charge in [0.1, 0.15) is 30.3 Å². The van der Waals surface area contributed by atoms with E-state index in [1.807, 2.05) is 0 Å². The molecular formula is C16H24N5O8P. The Labute approximate surface area is 171 Å². The molecule has 3 heterocycles. The summed E-state index contributed by atoms with van der Waals surface area (Å²) in [5.41, 5.74) is -1.03. The van der Waals surface area contributed by atoms with Crippen LogP contribution in [0.5, 0.6) is 0 Å². The van der Waals surface area contributed by atoms with Gasteiger partial charge in [-0.25, -0.2) is 9.48 Å². The second-order valence-electron chi connectivity index (χ2n) is 6.43. The third-order valence-electron chi connectivity index (χ3n) is 4.43. The number of aromatic nitrogens is 5. The second-order valence-corrected chi connectivity index (χ2v) is 8.45. The van der Waals surface area contributed by atoms with Gasteiger partial charge in [0.05, 0.1) is 19.4 Å². The predicted molar refractivity (Wildman–Crippen MR) is 102 cm³/mol. The third kappa shape index (κ3) is 4.61. The Balaban J connectivity index is 1.83. The molecule has 1 aliphatic heterocycles. The summed E-state index contributed by atoms with van der Waals surface area (Å²) in [6.07, 6.45) is -1.56. The van der Waals surface area contributed by atoms with Crippen LogP contribution in [0, 0.1) is 0 Å². The lowest BCUT2D eigenvalue weighted by Gasteiger charge is -2.19. The molecule has 1 saturated heterocycles. The molecular weight excluding hydrogens is 421 g/mol. The molecule has 2 N–H and O–H groups in total. The molecule has 13 nitrogen and oxygen atoms in total. The van der Waals surface area contributed by atoms with Crippen LogP contribution in [-0.4, -0.2) is 62.2 Å². The first-order valence-electron chi connectivity index (χ1n) is 9.27. The molecule has 0 aliphatic carbocycles. The molecule has 1 aliphatic rings. The topological polar surface area (TPSA) is 160 Å². The zero-order valence-corrected chi connectivity index (χ0v) is 17.6. The van der Waals surface area contributed by atoms with Crippen LogP contribution < -0.4 is 11.2 Å². The fraction of sp³-hybridized carbons (Fsp3) is 0.625. The van der Waals surface area contributed by atoms with Crippen molar-refractivity contribution in [2.24, 2.45) is 0 Å². The highest BCUT2D eigenvalue weighted by molar-refractivity contribution is 7.52. The van der Waals surface area contributed by atoms with Crippen LogP contribution in [-0.2, 0) is 29.4 Å². The molecule has 3 rings (SSSR count). The SMILES string of the molecule is CCOP(=O)(Cn1cc([C@H]2O[C@@H](n3ccc(=O)[nH]c3=O)[C@H](OC)[C@@H]2O)nn1)OCC. The minimum atomic E-state index is -3.41. The van der Waals surface area contributed by atoms with Crippen LogP contribution in [0.3, 0.4) is 0 Å². The molecule has 4 atom stereocenters. The van der Waals surface area contributed by atoms with Gasteiger partial charge in [0.15, 0.2) is 6.23 Å². The highest BCUT2D eigenvalue weighted by Crippen LogP contribution is 2.49. The average Bonchev–Trinajstić information content (AvgIpc) is 3.25. The molecule has 0 bridgehead atoms. The van der Waals surface area contributed by atoms with Crippen molar-refractivity contribution in [2.75, 3.05) is 20.3 Å². The van der Waals surface area contributed by atoms with E-state index in [4.69, 9.17) is 18.5 Å². The lowest BCUT2D eigenvalue weighted by atomic mass is 10.1. The number of hydrogen-bond donors (Lipinski definition) is 2. The van der Waals surface area contributed by atoms with Crippen LogP contribution in [0.1, 0.15) is 31.9 Å². The van der Waals surface area contributed by atoms with Crippen molar-refractivity contribution in [3.05, 3.63) is 45.0 Å². The molecule has 0 unspecified atom stereocenters. The summed E-state index contributed by atoms with van der Waals surface area (Å²) in [6, 6.07) is 1.16. The molecule has 0 amide bonds. The minimum Gasteiger partial charge on any atom is -0.387 e. The first-order chi connectivity index (χ1) is 14.3. The van der Waals surface area contributed by atoms with E-state index in [1.54, 1.807) is 13.8 Å². The van der Waals surface area contributed by atoms with Crippen molar-refractivity contribution in [1.82, 2.24) is 24.5 Å². The lowest BCUT2D eigenvalue weighted by molar-refractivity contribution is -0.0551. The summed E-state index contributed by atoms with van der Waals surface area (Å²) in [5, 5.41) is 18.6. The number of hydrogen-bond acceptors (Lipinski definition) is 10. The van der Waals surface area contributed by atoms with Crippen LogP contribution in [0.25, 0.3) is 0 Å². The zero-order valence-electron chi connectivity index (χ0n) is 16.7. The standard InChI is InChI=1S/C16H24N5O8P/c1-4-27-30(25,28-5-2)9-20-8-10(18-19-20)13-12(23)14(26-3)15(29-13)21-7-6-11(22)17-16(21)24/h6-8,12-15,23H,4-5,9H2,1-3H3,(H,17,22,24)/t12-,13-,14-,15-/m1/s1. The van der Waals surface area contributed by atoms with E-state index >= 15 is 0 Å². The van der Waals surface area contributed by atoms with Crippen LogP contribution in [0.2, 0.25) is 0 Å². The third-order valence-corrected chi connectivity index (χ3v) is 6.37. The number of nitrogens with zero attached hydrogens (tertiary/aromatic N) is 4. The molecule has 30 heavy (non-hydrogen) atoms. The van der Waals surface area contributed by atoms with E-state index in [-0.39, 0.29) is 25.2 Å². The van der Waals surface area contributed by atoms with E-state index < -0.39 is 43.4 Å². The molecule has 0 radical (unpaired) electrons. The molecule has 0 saturated carbocycles. The zero-order chi connectivity index (χ0) is 21.9. The Hall–Kier alpha value is -2.15. The fourth-order valence-electron chi connectivity index (χ4n) is 3.20. The molecule has 166 valence electrons. The Morgan fingerprint density at radius 3 is 2.60 bits per heavy atom. The summed E-state index contributed by atoms with van der Waals surface area (Å²) in [4.78, 5) is 25.6. The first kappa shape index (κ1) is 22.5. The maximum absolute atomic E-state index is 12.7. The highest BCUT2D eigenvalue weighted by Gasteiger charge is 2.47. The summed E-state index contributed by atoms with van der Waals surface area (Å²) in [6.45, 7) is 3.80. The van der Waals surface area contributed by atoms with E-state index in [1.165, 1.54) is 24.2 Å². The number of aliphatic hydroxyl groups is 1. The number of ether oxygens (including phenoxy) is 2. The van der Waals surface area contributed by atoms with Crippen LogP contribution in [0.15, 0.2) is 28.0 Å². The van der Waals surface area contributed by atoms with Gasteiger partial charge in [-0.05, 0) is 13.8 Å². The maximum Gasteiger partial charge on any atom is 0.351 e. The number of aromatic amines is 1. The summed E-state index contributed by atoms with van der Waals surface area (Å²) >= 11 is 0. The molecule has 2 aromatic heterocycles. The second kappa shape index (κ2) is 9.33. The van der Waals surface area contributed by atoms with Crippen molar-refractivity contribution >= 4 is 7.60 Å². The monoisotopic (exact) mass is 445 g/mol. The van der Waals surface area contributed by atoms with Crippen molar-refractivity contribution in [3.8, 4) is 0 Å². The quantitative estimate of drug-likeness (QED) is 0.503. The van der Waals surface area contributed by atoms with Gasteiger partial charge >= 0.3 is 13.3 Å². The van der Waals surface area contributed by atoms with Crippen molar-refractivity contribution < 1.29 is 28.2 Å². The number of H-pyrrole nitrogens is 1. The maximum atomic E-state index is 12.7. The largest absolute Gasteiger partial charge is 0.387 e. The van der Waals surface area contributed by atoms with Crippen LogP contribution in [0.4, 0.5) is 0 Å². The van der Waals surface area contributed by atoms with Gasteiger partial charge in [0.25, 0.3) is 5.56 Å². The van der Waals surface area contributed by atoms with Crippen LogP contribution >= 0.6 is 7.60 Å². The van der Waals surface area contributed by atoms with Crippen molar-refractivity contribution in [3.63, 3.8) is 0 Å². The molecule has 1 fully saturated rings. The number of rotatable bonds is 9. The Bertz CT molecular complexity index is 1010. The van der Waals surface area contributed by atoms with Gasteiger partial charge in [-0.2, -0.15) is 0 Å². The molecule has 0 aromatic carbocycles. The highest BCUT2D eigenvalue weighted by atomic mass is 31.2. The Kier molecular flexibility index (Phi) is 7.01. The molecule has 0 spiro atoms. The van der Waals surface area contributed by atoms with Gasteiger partial charge < -0.3 is 23.6 Å².